The van der Waals surface area contributed by atoms with Crippen molar-refractivity contribution in [1.82, 2.24) is 4.90 Å². The largest absolute Gasteiger partial charge is 0.455 e. The van der Waals surface area contributed by atoms with E-state index in [0.717, 1.165) is 11.1 Å². The van der Waals surface area contributed by atoms with Gasteiger partial charge in [0.25, 0.3) is 5.91 Å². The Balaban J connectivity index is 1.61. The summed E-state index contributed by atoms with van der Waals surface area (Å²) in [5.74, 6) is -1.21. The maximum atomic E-state index is 12.3. The molecule has 28 heavy (non-hydrogen) atoms. The summed E-state index contributed by atoms with van der Waals surface area (Å²) in [6.07, 6.45) is 3.44. The fourth-order valence-electron chi connectivity index (χ4n) is 3.04. The van der Waals surface area contributed by atoms with Crippen LogP contribution in [-0.4, -0.2) is 29.3 Å². The van der Waals surface area contributed by atoms with E-state index in [0.29, 0.717) is 10.7 Å². The smallest absolute Gasteiger partial charge is 0.308 e. The van der Waals surface area contributed by atoms with Crippen LogP contribution in [0.5, 0.6) is 0 Å². The number of nitrogens with one attached hydrogen (secondary N) is 1. The third-order valence-electron chi connectivity index (χ3n) is 4.30. The summed E-state index contributed by atoms with van der Waals surface area (Å²) in [5, 5.41) is 3.10. The topological polar surface area (TPSA) is 75.7 Å². The van der Waals surface area contributed by atoms with Crippen molar-refractivity contribution >= 4 is 41.1 Å². The first-order valence-corrected chi connectivity index (χ1v) is 9.09. The van der Waals surface area contributed by atoms with Crippen LogP contribution in [0.2, 0.25) is 5.02 Å². The normalized spacial score (nSPS) is 14.9. The Kier molecular flexibility index (Phi) is 6.11. The molecule has 7 heteroatoms. The van der Waals surface area contributed by atoms with Crippen molar-refractivity contribution in [1.29, 1.82) is 0 Å². The van der Waals surface area contributed by atoms with E-state index in [1.54, 1.807) is 30.5 Å². The molecule has 2 amide bonds. The summed E-state index contributed by atoms with van der Waals surface area (Å²) < 4.78 is 5.11. The average Bonchev–Trinajstić information content (AvgIpc) is 2.66. The van der Waals surface area contributed by atoms with Gasteiger partial charge in [-0.3, -0.25) is 14.4 Å². The highest BCUT2D eigenvalue weighted by Gasteiger charge is 2.28. The van der Waals surface area contributed by atoms with Gasteiger partial charge in [0, 0.05) is 23.8 Å². The van der Waals surface area contributed by atoms with Crippen LogP contribution in [0.25, 0.3) is 6.08 Å². The van der Waals surface area contributed by atoms with Crippen molar-refractivity contribution < 1.29 is 19.1 Å². The summed E-state index contributed by atoms with van der Waals surface area (Å²) in [5.41, 5.74) is 2.32. The van der Waals surface area contributed by atoms with E-state index in [-0.39, 0.29) is 12.3 Å². The Morgan fingerprint density at radius 2 is 1.93 bits per heavy atom. The molecule has 0 saturated heterocycles. The van der Waals surface area contributed by atoms with Crippen LogP contribution in [-0.2, 0) is 19.1 Å². The summed E-state index contributed by atoms with van der Waals surface area (Å²) in [6, 6.07) is 13.7. The van der Waals surface area contributed by atoms with Crippen LogP contribution < -0.4 is 5.32 Å². The number of benzene rings is 2. The number of halogens is 1. The first-order valence-electron chi connectivity index (χ1n) is 8.71. The lowest BCUT2D eigenvalue weighted by atomic mass is 9.94. The molecule has 0 aromatic heterocycles. The Morgan fingerprint density at radius 3 is 2.68 bits per heavy atom. The van der Waals surface area contributed by atoms with Gasteiger partial charge < -0.3 is 15.0 Å². The van der Waals surface area contributed by atoms with Crippen LogP contribution in [0.15, 0.2) is 54.7 Å². The van der Waals surface area contributed by atoms with E-state index in [1.165, 1.54) is 11.8 Å². The molecule has 0 radical (unpaired) electrons. The third-order valence-corrected chi connectivity index (χ3v) is 4.54. The average molecular weight is 399 g/mol. The minimum absolute atomic E-state index is 0.0502. The summed E-state index contributed by atoms with van der Waals surface area (Å²) >= 11 is 5.87. The molecule has 1 heterocycles. The van der Waals surface area contributed by atoms with E-state index in [2.05, 4.69) is 5.32 Å². The first kappa shape index (κ1) is 19.6. The summed E-state index contributed by atoms with van der Waals surface area (Å²) in [4.78, 5) is 37.7. The lowest BCUT2D eigenvalue weighted by Crippen LogP contribution is -2.33. The zero-order chi connectivity index (χ0) is 20.1. The molecule has 6 nitrogen and oxygen atoms in total. The van der Waals surface area contributed by atoms with Crippen LogP contribution >= 0.6 is 11.6 Å². The standard InChI is InChI=1S/C21H19ClN2O4/c1-14(25)24-10-9-15-5-2-3-8-18(15)19(24)12-21(27)28-13-20(26)23-17-7-4-6-16(22)11-17/h2-11,19H,12-13H2,1H3,(H,23,26)/t19-/m0/s1. The van der Waals surface area contributed by atoms with Crippen molar-refractivity contribution in [3.63, 3.8) is 0 Å². The van der Waals surface area contributed by atoms with Gasteiger partial charge in [-0.1, -0.05) is 41.9 Å². The second kappa shape index (κ2) is 8.71. The van der Waals surface area contributed by atoms with E-state index < -0.39 is 24.5 Å². The Labute approximate surface area is 167 Å². The molecule has 1 aliphatic heterocycles. The molecule has 144 valence electrons. The minimum atomic E-state index is -0.567. The molecule has 2 aromatic rings. The van der Waals surface area contributed by atoms with Crippen LogP contribution in [0.4, 0.5) is 5.69 Å². The molecule has 1 aliphatic rings. The maximum absolute atomic E-state index is 12.3. The predicted molar refractivity (Wildman–Crippen MR) is 106 cm³/mol. The molecule has 0 aliphatic carbocycles. The third kappa shape index (κ3) is 4.78. The monoisotopic (exact) mass is 398 g/mol. The van der Waals surface area contributed by atoms with Gasteiger partial charge in [-0.15, -0.1) is 0 Å². The molecule has 0 bridgehead atoms. The van der Waals surface area contributed by atoms with Crippen LogP contribution in [0.3, 0.4) is 0 Å². The molecular formula is C21H19ClN2O4. The van der Waals surface area contributed by atoms with Crippen molar-refractivity contribution in [3.8, 4) is 0 Å². The van der Waals surface area contributed by atoms with Crippen molar-refractivity contribution in [3.05, 3.63) is 70.9 Å². The summed E-state index contributed by atoms with van der Waals surface area (Å²) in [7, 11) is 0. The molecule has 3 rings (SSSR count). The van der Waals surface area contributed by atoms with E-state index in [4.69, 9.17) is 16.3 Å². The molecule has 1 atom stereocenters. The molecular weight excluding hydrogens is 380 g/mol. The highest BCUT2D eigenvalue weighted by atomic mass is 35.5. The molecule has 0 fully saturated rings. The first-order chi connectivity index (χ1) is 13.4. The number of anilines is 1. The van der Waals surface area contributed by atoms with Crippen molar-refractivity contribution in [2.45, 2.75) is 19.4 Å². The number of amides is 2. The van der Waals surface area contributed by atoms with Crippen LogP contribution in [0.1, 0.15) is 30.5 Å². The number of rotatable bonds is 5. The fraction of sp³-hybridized carbons (Fsp3) is 0.190. The predicted octanol–water partition coefficient (Wildman–Crippen LogP) is 3.79. The van der Waals surface area contributed by atoms with E-state index in [9.17, 15) is 14.4 Å². The van der Waals surface area contributed by atoms with Gasteiger partial charge in [0.15, 0.2) is 6.61 Å². The quantitative estimate of drug-likeness (QED) is 0.777. The molecule has 0 unspecified atom stereocenters. The van der Waals surface area contributed by atoms with E-state index >= 15 is 0 Å². The van der Waals surface area contributed by atoms with Gasteiger partial charge in [0.05, 0.1) is 12.5 Å². The van der Waals surface area contributed by atoms with Gasteiger partial charge in [-0.05, 0) is 35.4 Å². The maximum Gasteiger partial charge on any atom is 0.308 e. The zero-order valence-electron chi connectivity index (χ0n) is 15.2. The minimum Gasteiger partial charge on any atom is -0.455 e. The van der Waals surface area contributed by atoms with E-state index in [1.807, 2.05) is 30.3 Å². The van der Waals surface area contributed by atoms with Gasteiger partial charge in [-0.2, -0.15) is 0 Å². The van der Waals surface area contributed by atoms with Gasteiger partial charge in [-0.25, -0.2) is 0 Å². The SMILES string of the molecule is CC(=O)N1C=Cc2ccccc2[C@@H]1CC(=O)OCC(=O)Nc1cccc(Cl)c1. The van der Waals surface area contributed by atoms with Gasteiger partial charge in [0.2, 0.25) is 5.91 Å². The van der Waals surface area contributed by atoms with Crippen molar-refractivity contribution in [2.75, 3.05) is 11.9 Å². The fourth-order valence-corrected chi connectivity index (χ4v) is 3.23. The van der Waals surface area contributed by atoms with Gasteiger partial charge >= 0.3 is 5.97 Å². The zero-order valence-corrected chi connectivity index (χ0v) is 16.0. The highest BCUT2D eigenvalue weighted by molar-refractivity contribution is 6.30. The Morgan fingerprint density at radius 1 is 1.14 bits per heavy atom. The van der Waals surface area contributed by atoms with Gasteiger partial charge in [0.1, 0.15) is 0 Å². The number of fused-ring (bicyclic) bond motifs is 1. The number of ether oxygens (including phenoxy) is 1. The van der Waals surface area contributed by atoms with Crippen LogP contribution in [0, 0.1) is 0 Å². The lowest BCUT2D eigenvalue weighted by molar-refractivity contribution is -0.149. The molecule has 1 N–H and O–H groups in total. The molecule has 0 spiro atoms. The molecule has 0 saturated carbocycles. The summed E-state index contributed by atoms with van der Waals surface area (Å²) in [6.45, 7) is 1.02. The highest BCUT2D eigenvalue weighted by Crippen LogP contribution is 2.33. The van der Waals surface area contributed by atoms with Crippen molar-refractivity contribution in [2.24, 2.45) is 0 Å². The second-order valence-corrected chi connectivity index (χ2v) is 6.75. The number of carbonyl (C=O) groups excluding carboxylic acids is 3. The number of carbonyl (C=O) groups is 3. The second-order valence-electron chi connectivity index (χ2n) is 6.31. The number of esters is 1. The number of hydrogen-bond donors (Lipinski definition) is 1. The molecule has 2 aromatic carbocycles. The number of nitrogens with zero attached hydrogens (tertiary/aromatic N) is 1. The Bertz CT molecular complexity index is 942. The number of hydrogen-bond acceptors (Lipinski definition) is 4. The lowest BCUT2D eigenvalue weighted by Gasteiger charge is -2.32. The Hall–Kier alpha value is -3.12.